The fourth-order valence-corrected chi connectivity index (χ4v) is 2.60. The first-order valence-corrected chi connectivity index (χ1v) is 7.70. The number of benzene rings is 2. The molecule has 1 unspecified atom stereocenters. The third kappa shape index (κ3) is 3.85. The van der Waals surface area contributed by atoms with E-state index >= 15 is 0 Å². The molecule has 0 amide bonds. The molecule has 2 rings (SSSR count). The second-order valence-corrected chi connectivity index (χ2v) is 5.78. The lowest BCUT2D eigenvalue weighted by Crippen LogP contribution is -2.32. The quantitative estimate of drug-likeness (QED) is 0.845. The molecule has 1 N–H and O–H groups in total. The van der Waals surface area contributed by atoms with Crippen molar-refractivity contribution in [1.82, 2.24) is 5.32 Å². The van der Waals surface area contributed by atoms with Gasteiger partial charge in [0.1, 0.15) is 0 Å². The highest BCUT2D eigenvalue weighted by atomic mass is 15.2. The average molecular weight is 282 g/mol. The number of nitrogens with zero attached hydrogens (tertiary/aromatic N) is 1. The summed E-state index contributed by atoms with van der Waals surface area (Å²) in [5, 5.41) is 3.35. The van der Waals surface area contributed by atoms with Gasteiger partial charge in [-0.1, -0.05) is 48.5 Å². The summed E-state index contributed by atoms with van der Waals surface area (Å²) < 4.78 is 0. The van der Waals surface area contributed by atoms with Crippen molar-refractivity contribution >= 4 is 5.69 Å². The fraction of sp³-hybridized carbons (Fsp3) is 0.368. The van der Waals surface area contributed by atoms with Crippen molar-refractivity contribution < 1.29 is 0 Å². The highest BCUT2D eigenvalue weighted by Gasteiger charge is 2.17. The Balaban J connectivity index is 2.35. The van der Waals surface area contributed by atoms with Gasteiger partial charge in [-0.3, -0.25) is 0 Å². The second-order valence-electron chi connectivity index (χ2n) is 5.78. The molecule has 0 radical (unpaired) electrons. The van der Waals surface area contributed by atoms with Crippen molar-refractivity contribution in [2.75, 3.05) is 11.9 Å². The number of hydrogen-bond donors (Lipinski definition) is 1. The molecule has 0 fully saturated rings. The Morgan fingerprint density at radius 2 is 1.52 bits per heavy atom. The van der Waals surface area contributed by atoms with Gasteiger partial charge in [0.05, 0.1) is 0 Å². The monoisotopic (exact) mass is 282 g/mol. The van der Waals surface area contributed by atoms with E-state index in [9.17, 15) is 0 Å². The van der Waals surface area contributed by atoms with E-state index in [0.29, 0.717) is 12.1 Å². The van der Waals surface area contributed by atoms with Crippen LogP contribution < -0.4 is 10.2 Å². The molecule has 2 heteroatoms. The topological polar surface area (TPSA) is 15.3 Å². The molecule has 2 aromatic rings. The summed E-state index contributed by atoms with van der Waals surface area (Å²) in [7, 11) is 2.01. The molecule has 0 saturated heterocycles. The average Bonchev–Trinajstić information content (AvgIpc) is 2.52. The summed E-state index contributed by atoms with van der Waals surface area (Å²) >= 11 is 0. The predicted octanol–water partition coefficient (Wildman–Crippen LogP) is 4.38. The number of hydrogen-bond acceptors (Lipinski definition) is 2. The second kappa shape index (κ2) is 7.28. The summed E-state index contributed by atoms with van der Waals surface area (Å²) in [5.41, 5.74) is 4.01. The third-order valence-electron chi connectivity index (χ3n) is 3.96. The predicted molar refractivity (Wildman–Crippen MR) is 91.7 cm³/mol. The molecule has 0 bridgehead atoms. The lowest BCUT2D eigenvalue weighted by Gasteiger charge is -2.32. The number of rotatable bonds is 6. The van der Waals surface area contributed by atoms with Crippen LogP contribution in [0.1, 0.15) is 37.9 Å². The van der Waals surface area contributed by atoms with Crippen molar-refractivity contribution in [3.8, 4) is 0 Å². The largest absolute Gasteiger partial charge is 0.365 e. The molecular weight excluding hydrogens is 256 g/mol. The van der Waals surface area contributed by atoms with Crippen molar-refractivity contribution in [3.63, 3.8) is 0 Å². The van der Waals surface area contributed by atoms with Gasteiger partial charge in [-0.05, 0) is 45.0 Å². The van der Waals surface area contributed by atoms with Crippen LogP contribution in [0, 0.1) is 0 Å². The summed E-state index contributed by atoms with van der Waals surface area (Å²) in [6.07, 6.45) is 0. The Kier molecular flexibility index (Phi) is 5.40. The highest BCUT2D eigenvalue weighted by Crippen LogP contribution is 2.28. The van der Waals surface area contributed by atoms with Gasteiger partial charge >= 0.3 is 0 Å². The molecule has 2 nitrogen and oxygen atoms in total. The van der Waals surface area contributed by atoms with Crippen molar-refractivity contribution in [3.05, 3.63) is 65.7 Å². The minimum atomic E-state index is 0.346. The maximum Gasteiger partial charge on any atom is 0.0432 e. The Bertz CT molecular complexity index is 549. The fourth-order valence-electron chi connectivity index (χ4n) is 2.60. The van der Waals surface area contributed by atoms with Gasteiger partial charge in [-0.2, -0.15) is 0 Å². The molecule has 1 atom stereocenters. The molecule has 0 heterocycles. The van der Waals surface area contributed by atoms with Crippen LogP contribution in [-0.2, 0) is 6.54 Å². The van der Waals surface area contributed by atoms with Gasteiger partial charge < -0.3 is 10.2 Å². The number of para-hydroxylation sites is 1. The van der Waals surface area contributed by atoms with Crippen LogP contribution in [0.5, 0.6) is 0 Å². The van der Waals surface area contributed by atoms with Crippen molar-refractivity contribution in [2.45, 2.75) is 39.4 Å². The van der Waals surface area contributed by atoms with E-state index in [-0.39, 0.29) is 0 Å². The molecule has 0 spiro atoms. The molecule has 0 aromatic heterocycles. The maximum absolute atomic E-state index is 3.35. The molecule has 0 aliphatic heterocycles. The standard InChI is InChI=1S/C19H26N2/c1-15(2)21(14-17-10-6-5-7-11-17)19-13-9-8-12-18(19)16(3)20-4/h5-13,15-16,20H,14H2,1-4H3. The Morgan fingerprint density at radius 1 is 0.905 bits per heavy atom. The van der Waals surface area contributed by atoms with E-state index in [1.54, 1.807) is 0 Å². The molecule has 0 aliphatic carbocycles. The summed E-state index contributed by atoms with van der Waals surface area (Å²) in [6, 6.07) is 20.2. The van der Waals surface area contributed by atoms with Gasteiger partial charge in [0.15, 0.2) is 0 Å². The first kappa shape index (κ1) is 15.6. The van der Waals surface area contributed by atoms with E-state index in [1.807, 2.05) is 7.05 Å². The zero-order chi connectivity index (χ0) is 15.2. The Hall–Kier alpha value is -1.80. The number of nitrogens with one attached hydrogen (secondary N) is 1. The van der Waals surface area contributed by atoms with Crippen LogP contribution in [0.3, 0.4) is 0 Å². The van der Waals surface area contributed by atoms with Crippen LogP contribution >= 0.6 is 0 Å². The van der Waals surface area contributed by atoms with E-state index in [4.69, 9.17) is 0 Å². The highest BCUT2D eigenvalue weighted by molar-refractivity contribution is 5.56. The van der Waals surface area contributed by atoms with Gasteiger partial charge in [0.2, 0.25) is 0 Å². The van der Waals surface area contributed by atoms with Crippen LogP contribution in [0.25, 0.3) is 0 Å². The first-order valence-electron chi connectivity index (χ1n) is 7.70. The molecule has 112 valence electrons. The van der Waals surface area contributed by atoms with E-state index < -0.39 is 0 Å². The number of anilines is 1. The smallest absolute Gasteiger partial charge is 0.0432 e. The Labute approximate surface area is 128 Å². The lowest BCUT2D eigenvalue weighted by atomic mass is 10.0. The Morgan fingerprint density at radius 3 is 2.14 bits per heavy atom. The van der Waals surface area contributed by atoms with Crippen LogP contribution in [0.2, 0.25) is 0 Å². The lowest BCUT2D eigenvalue weighted by molar-refractivity contribution is 0.631. The van der Waals surface area contributed by atoms with Gasteiger partial charge in [0.25, 0.3) is 0 Å². The molecule has 0 saturated carbocycles. The summed E-state index contributed by atoms with van der Waals surface area (Å²) in [5.74, 6) is 0. The van der Waals surface area contributed by atoms with Crippen LogP contribution in [0.15, 0.2) is 54.6 Å². The van der Waals surface area contributed by atoms with Crippen molar-refractivity contribution in [2.24, 2.45) is 0 Å². The summed E-state index contributed by atoms with van der Waals surface area (Å²) in [6.45, 7) is 7.65. The molecular formula is C19H26N2. The zero-order valence-corrected chi connectivity index (χ0v) is 13.5. The van der Waals surface area contributed by atoms with Crippen LogP contribution in [-0.4, -0.2) is 13.1 Å². The van der Waals surface area contributed by atoms with E-state index in [1.165, 1.54) is 16.8 Å². The van der Waals surface area contributed by atoms with Gasteiger partial charge in [-0.15, -0.1) is 0 Å². The minimum Gasteiger partial charge on any atom is -0.365 e. The molecule has 21 heavy (non-hydrogen) atoms. The zero-order valence-electron chi connectivity index (χ0n) is 13.5. The van der Waals surface area contributed by atoms with Crippen LogP contribution in [0.4, 0.5) is 5.69 Å². The van der Waals surface area contributed by atoms with E-state index in [0.717, 1.165) is 6.54 Å². The maximum atomic E-state index is 3.35. The third-order valence-corrected chi connectivity index (χ3v) is 3.96. The van der Waals surface area contributed by atoms with Gasteiger partial charge in [0, 0.05) is 24.3 Å². The first-order chi connectivity index (χ1) is 10.1. The summed E-state index contributed by atoms with van der Waals surface area (Å²) in [4.78, 5) is 2.47. The molecule has 0 aliphatic rings. The SMILES string of the molecule is CNC(C)c1ccccc1N(Cc1ccccc1)C(C)C. The van der Waals surface area contributed by atoms with Crippen molar-refractivity contribution in [1.29, 1.82) is 0 Å². The molecule has 2 aromatic carbocycles. The van der Waals surface area contributed by atoms with Gasteiger partial charge in [-0.25, -0.2) is 0 Å². The van der Waals surface area contributed by atoms with E-state index in [2.05, 4.69) is 85.6 Å². The minimum absolute atomic E-state index is 0.346. The normalized spacial score (nSPS) is 12.4.